The first-order valence-electron chi connectivity index (χ1n) is 7.58. The van der Waals surface area contributed by atoms with Crippen LogP contribution in [0.15, 0.2) is 59.5 Å². The minimum atomic E-state index is 0.140. The maximum atomic E-state index is 2.40. The van der Waals surface area contributed by atoms with Crippen LogP contribution in [0.1, 0.15) is 38.8 Å². The second-order valence-corrected chi connectivity index (χ2v) is 8.02. The molecule has 0 nitrogen and oxygen atoms in total. The van der Waals surface area contributed by atoms with E-state index in [1.54, 1.807) is 0 Å². The molecule has 1 unspecified atom stereocenters. The van der Waals surface area contributed by atoms with Crippen molar-refractivity contribution in [3.63, 3.8) is 0 Å². The van der Waals surface area contributed by atoms with Crippen LogP contribution in [0.5, 0.6) is 0 Å². The highest BCUT2D eigenvalue weighted by Gasteiger charge is 2.38. The molecule has 1 atom stereocenters. The fourth-order valence-corrected chi connectivity index (χ4v) is 3.99. The Labute approximate surface area is 134 Å². The van der Waals surface area contributed by atoms with Crippen molar-refractivity contribution >= 4 is 11.8 Å². The number of benzene rings is 2. The fraction of sp³-hybridized carbons (Fsp3) is 0.400. The van der Waals surface area contributed by atoms with Gasteiger partial charge in [0.2, 0.25) is 0 Å². The van der Waals surface area contributed by atoms with Gasteiger partial charge in [-0.25, -0.2) is 0 Å². The first-order valence-corrected chi connectivity index (χ1v) is 8.57. The molecule has 0 N–H and O–H groups in total. The van der Waals surface area contributed by atoms with Crippen LogP contribution in [0.2, 0.25) is 0 Å². The van der Waals surface area contributed by atoms with Gasteiger partial charge in [0.15, 0.2) is 0 Å². The molecule has 0 radical (unpaired) electrons. The number of hydrogen-bond acceptors (Lipinski definition) is 1. The van der Waals surface area contributed by atoms with Gasteiger partial charge in [0, 0.05) is 16.1 Å². The van der Waals surface area contributed by atoms with Crippen molar-refractivity contribution < 1.29 is 0 Å². The molecular formula is C20H26S. The minimum absolute atomic E-state index is 0.140. The number of thioether (sulfide) groups is 1. The number of rotatable bonds is 4. The van der Waals surface area contributed by atoms with Gasteiger partial charge >= 0.3 is 0 Å². The Hall–Kier alpha value is -1.21. The molecule has 2 aromatic rings. The van der Waals surface area contributed by atoms with Crippen molar-refractivity contribution in [1.82, 2.24) is 0 Å². The lowest BCUT2D eigenvalue weighted by Gasteiger charge is -2.42. The van der Waals surface area contributed by atoms with Gasteiger partial charge in [-0.2, -0.15) is 0 Å². The van der Waals surface area contributed by atoms with E-state index in [4.69, 9.17) is 0 Å². The van der Waals surface area contributed by atoms with Crippen molar-refractivity contribution in [2.24, 2.45) is 5.41 Å². The largest absolute Gasteiger partial charge is 0.125 e. The summed E-state index contributed by atoms with van der Waals surface area (Å²) in [4.78, 5) is 1.39. The monoisotopic (exact) mass is 298 g/mol. The number of hydrogen-bond donors (Lipinski definition) is 0. The molecule has 0 spiro atoms. The Morgan fingerprint density at radius 3 is 1.95 bits per heavy atom. The zero-order chi connectivity index (χ0) is 15.5. The summed E-state index contributed by atoms with van der Waals surface area (Å²) in [7, 11) is 0. The molecule has 112 valence electrons. The van der Waals surface area contributed by atoms with Gasteiger partial charge in [-0.15, -0.1) is 11.8 Å². The summed E-state index contributed by atoms with van der Waals surface area (Å²) >= 11 is 1.98. The highest BCUT2D eigenvalue weighted by molar-refractivity contribution is 7.99. The third-order valence-electron chi connectivity index (χ3n) is 4.68. The van der Waals surface area contributed by atoms with E-state index in [-0.39, 0.29) is 10.8 Å². The molecule has 0 bridgehead atoms. The molecule has 0 aromatic heterocycles. The summed E-state index contributed by atoms with van der Waals surface area (Å²) in [5, 5.41) is 0. The average molecular weight is 298 g/mol. The average Bonchev–Trinajstić information content (AvgIpc) is 2.46. The second-order valence-electron chi connectivity index (χ2n) is 7.00. The Morgan fingerprint density at radius 1 is 0.810 bits per heavy atom. The lowest BCUT2D eigenvalue weighted by atomic mass is 9.65. The molecule has 21 heavy (non-hydrogen) atoms. The van der Waals surface area contributed by atoms with E-state index < -0.39 is 0 Å². The van der Waals surface area contributed by atoms with Crippen molar-refractivity contribution in [2.45, 2.75) is 44.9 Å². The standard InChI is InChI=1S/C20H26S/c1-16-11-9-10-14-18(16)21-15-20(5,19(2,3)4)17-12-7-6-8-13-17/h6-14H,15H2,1-5H3. The van der Waals surface area contributed by atoms with Gasteiger partial charge < -0.3 is 0 Å². The minimum Gasteiger partial charge on any atom is -0.125 e. The highest BCUT2D eigenvalue weighted by Crippen LogP contribution is 2.45. The summed E-state index contributed by atoms with van der Waals surface area (Å²) in [6.07, 6.45) is 0. The molecule has 1 heteroatoms. The summed E-state index contributed by atoms with van der Waals surface area (Å²) in [6.45, 7) is 11.6. The van der Waals surface area contributed by atoms with Crippen molar-refractivity contribution in [1.29, 1.82) is 0 Å². The van der Waals surface area contributed by atoms with Crippen LogP contribution in [0.4, 0.5) is 0 Å². The first-order chi connectivity index (χ1) is 9.84. The lowest BCUT2D eigenvalue weighted by molar-refractivity contribution is 0.231. The Morgan fingerprint density at radius 2 is 1.38 bits per heavy atom. The van der Waals surface area contributed by atoms with Gasteiger partial charge in [0.25, 0.3) is 0 Å². The van der Waals surface area contributed by atoms with Crippen molar-refractivity contribution in [3.8, 4) is 0 Å². The fourth-order valence-electron chi connectivity index (χ4n) is 2.48. The van der Waals surface area contributed by atoms with E-state index in [0.717, 1.165) is 5.75 Å². The summed E-state index contributed by atoms with van der Waals surface area (Å²) < 4.78 is 0. The van der Waals surface area contributed by atoms with Crippen molar-refractivity contribution in [2.75, 3.05) is 5.75 Å². The molecule has 0 aliphatic heterocycles. The highest BCUT2D eigenvalue weighted by atomic mass is 32.2. The summed E-state index contributed by atoms with van der Waals surface area (Å²) in [5.41, 5.74) is 3.15. The maximum absolute atomic E-state index is 2.40. The predicted molar refractivity (Wildman–Crippen MR) is 95.2 cm³/mol. The van der Waals surface area contributed by atoms with Crippen LogP contribution in [-0.4, -0.2) is 5.75 Å². The molecule has 2 aromatic carbocycles. The normalized spacial score (nSPS) is 14.7. The summed E-state index contributed by atoms with van der Waals surface area (Å²) in [5.74, 6) is 1.09. The quantitative estimate of drug-likeness (QED) is 0.615. The predicted octanol–water partition coefficient (Wildman–Crippen LogP) is 6.09. The third kappa shape index (κ3) is 3.52. The Kier molecular flexibility index (Phi) is 4.83. The Balaban J connectivity index is 2.29. The SMILES string of the molecule is Cc1ccccc1SCC(C)(c1ccccc1)C(C)(C)C. The molecule has 2 rings (SSSR count). The topological polar surface area (TPSA) is 0 Å². The van der Waals surface area contributed by atoms with E-state index in [1.807, 2.05) is 11.8 Å². The van der Waals surface area contributed by atoms with Crippen molar-refractivity contribution in [3.05, 3.63) is 65.7 Å². The van der Waals surface area contributed by atoms with Crippen LogP contribution < -0.4 is 0 Å². The van der Waals surface area contributed by atoms with E-state index in [1.165, 1.54) is 16.0 Å². The molecule has 0 aliphatic carbocycles. The first kappa shape index (κ1) is 16.2. The van der Waals surface area contributed by atoms with Gasteiger partial charge in [-0.1, -0.05) is 76.2 Å². The third-order valence-corrected chi connectivity index (χ3v) is 6.17. The van der Waals surface area contributed by atoms with Gasteiger partial charge in [-0.3, -0.25) is 0 Å². The smallest absolute Gasteiger partial charge is 0.0101 e. The second kappa shape index (κ2) is 6.27. The molecule has 0 saturated heterocycles. The van der Waals surface area contributed by atoms with Gasteiger partial charge in [-0.05, 0) is 29.5 Å². The van der Waals surface area contributed by atoms with E-state index in [0.29, 0.717) is 0 Å². The van der Waals surface area contributed by atoms with Crippen LogP contribution in [0.3, 0.4) is 0 Å². The van der Waals surface area contributed by atoms with Crippen LogP contribution >= 0.6 is 11.8 Å². The number of aryl methyl sites for hydroxylation is 1. The zero-order valence-corrected chi connectivity index (χ0v) is 14.6. The van der Waals surface area contributed by atoms with E-state index in [9.17, 15) is 0 Å². The lowest BCUT2D eigenvalue weighted by Crippen LogP contribution is -2.39. The zero-order valence-electron chi connectivity index (χ0n) is 13.8. The Bertz CT molecular complexity index is 580. The van der Waals surface area contributed by atoms with E-state index >= 15 is 0 Å². The van der Waals surface area contributed by atoms with Crippen LogP contribution in [0, 0.1) is 12.3 Å². The van der Waals surface area contributed by atoms with E-state index in [2.05, 4.69) is 89.2 Å². The molecule has 0 saturated carbocycles. The molecule has 0 fully saturated rings. The summed E-state index contributed by atoms with van der Waals surface area (Å²) in [6, 6.07) is 19.6. The maximum Gasteiger partial charge on any atom is 0.0101 e. The van der Waals surface area contributed by atoms with Crippen LogP contribution in [0.25, 0.3) is 0 Å². The molecule has 0 heterocycles. The van der Waals surface area contributed by atoms with Gasteiger partial charge in [0.1, 0.15) is 0 Å². The van der Waals surface area contributed by atoms with Gasteiger partial charge in [0.05, 0.1) is 0 Å². The molecule has 0 amide bonds. The molecule has 0 aliphatic rings. The van der Waals surface area contributed by atoms with Crippen LogP contribution in [-0.2, 0) is 5.41 Å². The molecular weight excluding hydrogens is 272 g/mol.